The molecule has 3 amide bonds. The molecule has 1 aromatic rings. The second-order valence-corrected chi connectivity index (χ2v) is 3.98. The molecule has 1 aromatic carbocycles. The van der Waals surface area contributed by atoms with Gasteiger partial charge in [0.2, 0.25) is 0 Å². The van der Waals surface area contributed by atoms with Crippen molar-refractivity contribution in [3.8, 4) is 5.75 Å². The van der Waals surface area contributed by atoms with Gasteiger partial charge in [0.05, 0.1) is 7.11 Å². The van der Waals surface area contributed by atoms with Crippen LogP contribution in [0.1, 0.15) is 11.6 Å². The van der Waals surface area contributed by atoms with Gasteiger partial charge in [0.25, 0.3) is 5.91 Å². The number of imide groups is 1. The molecule has 0 saturated carbocycles. The maximum atomic E-state index is 12.0. The molecule has 0 aliphatic carbocycles. The van der Waals surface area contributed by atoms with Crippen LogP contribution in [-0.4, -0.2) is 41.6 Å². The van der Waals surface area contributed by atoms with E-state index in [1.54, 1.807) is 24.3 Å². The van der Waals surface area contributed by atoms with E-state index in [0.717, 1.165) is 0 Å². The molecule has 2 rings (SSSR count). The second-order valence-electron chi connectivity index (χ2n) is 3.98. The molecular formula is C12H12N2O5. The first-order valence-electron chi connectivity index (χ1n) is 5.50. The minimum absolute atomic E-state index is 0.547. The fourth-order valence-corrected chi connectivity index (χ4v) is 1.85. The van der Waals surface area contributed by atoms with E-state index < -0.39 is 30.5 Å². The average Bonchev–Trinajstić information content (AvgIpc) is 2.66. The summed E-state index contributed by atoms with van der Waals surface area (Å²) in [6.45, 7) is -0.648. The van der Waals surface area contributed by atoms with Gasteiger partial charge in [-0.3, -0.25) is 14.5 Å². The molecule has 0 radical (unpaired) electrons. The van der Waals surface area contributed by atoms with Gasteiger partial charge >= 0.3 is 12.0 Å². The Morgan fingerprint density at radius 2 is 2.21 bits per heavy atom. The number of rotatable bonds is 4. The minimum atomic E-state index is -1.24. The van der Waals surface area contributed by atoms with Crippen molar-refractivity contribution in [2.45, 2.75) is 6.04 Å². The number of benzene rings is 1. The zero-order chi connectivity index (χ0) is 14.0. The quantitative estimate of drug-likeness (QED) is 0.766. The van der Waals surface area contributed by atoms with Crippen LogP contribution in [0.15, 0.2) is 24.3 Å². The van der Waals surface area contributed by atoms with E-state index in [0.29, 0.717) is 16.2 Å². The van der Waals surface area contributed by atoms with Crippen LogP contribution in [0.3, 0.4) is 0 Å². The lowest BCUT2D eigenvalue weighted by Gasteiger charge is -2.11. The molecule has 1 aliphatic heterocycles. The zero-order valence-corrected chi connectivity index (χ0v) is 10.1. The summed E-state index contributed by atoms with van der Waals surface area (Å²) < 4.78 is 5.04. The van der Waals surface area contributed by atoms with Crippen LogP contribution in [0.2, 0.25) is 0 Å². The number of ether oxygens (including phenoxy) is 1. The maximum absolute atomic E-state index is 12.0. The fraction of sp³-hybridized carbons (Fsp3) is 0.250. The van der Waals surface area contributed by atoms with Crippen LogP contribution in [0.5, 0.6) is 5.75 Å². The molecule has 1 atom stereocenters. The molecule has 7 heteroatoms. The van der Waals surface area contributed by atoms with Crippen molar-refractivity contribution in [1.82, 2.24) is 10.2 Å². The molecule has 1 fully saturated rings. The summed E-state index contributed by atoms with van der Waals surface area (Å²) >= 11 is 0. The third-order valence-electron chi connectivity index (χ3n) is 2.75. The molecule has 1 unspecified atom stereocenters. The molecule has 7 nitrogen and oxygen atoms in total. The van der Waals surface area contributed by atoms with Crippen LogP contribution < -0.4 is 10.1 Å². The van der Waals surface area contributed by atoms with Gasteiger partial charge < -0.3 is 15.2 Å². The number of urea groups is 1. The van der Waals surface area contributed by atoms with E-state index in [-0.39, 0.29) is 0 Å². The van der Waals surface area contributed by atoms with Gasteiger partial charge in [-0.05, 0) is 17.7 Å². The number of carboxylic acid groups (broad SMARTS) is 1. The van der Waals surface area contributed by atoms with Crippen LogP contribution in [0.4, 0.5) is 4.79 Å². The molecule has 1 heterocycles. The molecule has 100 valence electrons. The number of methoxy groups -OCH3 is 1. The van der Waals surface area contributed by atoms with Crippen LogP contribution in [0, 0.1) is 0 Å². The van der Waals surface area contributed by atoms with E-state index in [1.807, 2.05) is 0 Å². The standard InChI is InChI=1S/C12H12N2O5/c1-19-8-4-2-3-7(5-8)10-11(17)14(6-9(15)16)12(18)13-10/h2-5,10H,6H2,1H3,(H,13,18)(H,15,16). The van der Waals surface area contributed by atoms with Crippen molar-refractivity contribution < 1.29 is 24.2 Å². The van der Waals surface area contributed by atoms with Gasteiger partial charge in [0, 0.05) is 0 Å². The smallest absolute Gasteiger partial charge is 0.325 e. The Labute approximate surface area is 108 Å². The van der Waals surface area contributed by atoms with Crippen molar-refractivity contribution >= 4 is 17.9 Å². The lowest BCUT2D eigenvalue weighted by Crippen LogP contribution is -2.35. The third kappa shape index (κ3) is 2.49. The molecule has 0 spiro atoms. The number of nitrogens with one attached hydrogen (secondary N) is 1. The minimum Gasteiger partial charge on any atom is -0.497 e. The molecular weight excluding hydrogens is 252 g/mol. The monoisotopic (exact) mass is 264 g/mol. The Morgan fingerprint density at radius 3 is 2.84 bits per heavy atom. The summed E-state index contributed by atoms with van der Waals surface area (Å²) in [7, 11) is 1.49. The number of hydrogen-bond acceptors (Lipinski definition) is 4. The molecule has 0 bridgehead atoms. The van der Waals surface area contributed by atoms with Crippen molar-refractivity contribution in [2.75, 3.05) is 13.7 Å². The zero-order valence-electron chi connectivity index (χ0n) is 10.1. The number of carbonyl (C=O) groups is 3. The van der Waals surface area contributed by atoms with Crippen LogP contribution >= 0.6 is 0 Å². The highest BCUT2D eigenvalue weighted by atomic mass is 16.5. The lowest BCUT2D eigenvalue weighted by molar-refractivity contribution is -0.141. The predicted octanol–water partition coefficient (Wildman–Crippen LogP) is 0.373. The number of hydrogen-bond donors (Lipinski definition) is 2. The van der Waals surface area contributed by atoms with Gasteiger partial charge in [-0.2, -0.15) is 0 Å². The lowest BCUT2D eigenvalue weighted by atomic mass is 10.1. The van der Waals surface area contributed by atoms with Gasteiger partial charge in [-0.1, -0.05) is 12.1 Å². The molecule has 0 aromatic heterocycles. The van der Waals surface area contributed by atoms with E-state index in [1.165, 1.54) is 7.11 Å². The van der Waals surface area contributed by atoms with Crippen LogP contribution in [0.25, 0.3) is 0 Å². The number of aliphatic carboxylic acids is 1. The first kappa shape index (κ1) is 12.9. The maximum Gasteiger partial charge on any atom is 0.325 e. The largest absolute Gasteiger partial charge is 0.497 e. The van der Waals surface area contributed by atoms with Crippen molar-refractivity contribution in [3.05, 3.63) is 29.8 Å². The Kier molecular flexibility index (Phi) is 3.37. The highest BCUT2D eigenvalue weighted by molar-refractivity contribution is 6.06. The van der Waals surface area contributed by atoms with Crippen molar-refractivity contribution in [3.63, 3.8) is 0 Å². The first-order valence-corrected chi connectivity index (χ1v) is 5.50. The van der Waals surface area contributed by atoms with Crippen molar-refractivity contribution in [2.24, 2.45) is 0 Å². The number of carboxylic acids is 1. The number of amides is 3. The Bertz CT molecular complexity index is 543. The van der Waals surface area contributed by atoms with Crippen molar-refractivity contribution in [1.29, 1.82) is 0 Å². The first-order chi connectivity index (χ1) is 9.02. The van der Waals surface area contributed by atoms with Gasteiger partial charge in [0.15, 0.2) is 0 Å². The Balaban J connectivity index is 2.24. The normalized spacial score (nSPS) is 18.4. The topological polar surface area (TPSA) is 95.9 Å². The molecule has 1 aliphatic rings. The molecule has 1 saturated heterocycles. The number of nitrogens with zero attached hydrogens (tertiary/aromatic N) is 1. The van der Waals surface area contributed by atoms with E-state index >= 15 is 0 Å². The second kappa shape index (κ2) is 4.97. The summed E-state index contributed by atoms with van der Waals surface area (Å²) in [5, 5.41) is 11.1. The summed E-state index contributed by atoms with van der Waals surface area (Å²) in [5.74, 6) is -1.27. The van der Waals surface area contributed by atoms with E-state index in [2.05, 4.69) is 5.32 Å². The van der Waals surface area contributed by atoms with Gasteiger partial charge in [-0.25, -0.2) is 4.79 Å². The van der Waals surface area contributed by atoms with E-state index in [4.69, 9.17) is 9.84 Å². The van der Waals surface area contributed by atoms with E-state index in [9.17, 15) is 14.4 Å². The highest BCUT2D eigenvalue weighted by Crippen LogP contribution is 2.24. The fourth-order valence-electron chi connectivity index (χ4n) is 1.85. The Morgan fingerprint density at radius 1 is 1.47 bits per heavy atom. The summed E-state index contributed by atoms with van der Waals surface area (Å²) in [6.07, 6.45) is 0. The molecule has 2 N–H and O–H groups in total. The summed E-state index contributed by atoms with van der Waals surface area (Å²) in [4.78, 5) is 34.8. The summed E-state index contributed by atoms with van der Waals surface area (Å²) in [5.41, 5.74) is 0.547. The van der Waals surface area contributed by atoms with Gasteiger partial charge in [-0.15, -0.1) is 0 Å². The SMILES string of the molecule is COc1cccc(C2NC(=O)N(CC(=O)O)C2=O)c1. The third-order valence-corrected chi connectivity index (χ3v) is 2.75. The average molecular weight is 264 g/mol. The number of carbonyl (C=O) groups excluding carboxylic acids is 2. The predicted molar refractivity (Wildman–Crippen MR) is 63.6 cm³/mol. The molecule has 19 heavy (non-hydrogen) atoms. The summed E-state index contributed by atoms with van der Waals surface area (Å²) in [6, 6.07) is 5.10. The highest BCUT2D eigenvalue weighted by Gasteiger charge is 2.39. The Hall–Kier alpha value is -2.57. The van der Waals surface area contributed by atoms with Gasteiger partial charge in [0.1, 0.15) is 18.3 Å². The van der Waals surface area contributed by atoms with Crippen LogP contribution in [-0.2, 0) is 9.59 Å².